The molecule has 4 rings (SSSR count). The standard InChI is InChI=1S/C18H22N4S/c1-12-4-5-15-14(8-12)20-17(23-15)10-18(2,3)16-9-13-11-19-6-7-22(13)21-16/h4-5,8-9,19H,6-7,10-11H2,1-3H3. The van der Waals surface area contributed by atoms with Gasteiger partial charge in [-0.1, -0.05) is 19.9 Å². The van der Waals surface area contributed by atoms with Gasteiger partial charge in [0.25, 0.3) is 0 Å². The zero-order chi connectivity index (χ0) is 16.0. The van der Waals surface area contributed by atoms with Crippen LogP contribution in [0.25, 0.3) is 10.2 Å². The van der Waals surface area contributed by atoms with Crippen molar-refractivity contribution in [3.8, 4) is 0 Å². The molecule has 0 atom stereocenters. The van der Waals surface area contributed by atoms with Gasteiger partial charge in [-0.05, 0) is 30.7 Å². The molecule has 0 bridgehead atoms. The molecule has 1 aromatic carbocycles. The molecule has 2 aromatic heterocycles. The Labute approximate surface area is 140 Å². The number of aromatic nitrogens is 3. The van der Waals surface area contributed by atoms with Crippen LogP contribution in [0.1, 0.15) is 35.8 Å². The van der Waals surface area contributed by atoms with Crippen LogP contribution >= 0.6 is 11.3 Å². The number of nitrogens with zero attached hydrogens (tertiary/aromatic N) is 3. The second-order valence-corrected chi connectivity index (χ2v) is 8.18. The maximum absolute atomic E-state index is 4.84. The van der Waals surface area contributed by atoms with Crippen LogP contribution in [0.5, 0.6) is 0 Å². The van der Waals surface area contributed by atoms with E-state index >= 15 is 0 Å². The zero-order valence-corrected chi connectivity index (χ0v) is 14.7. The molecule has 1 aliphatic rings. The Morgan fingerprint density at radius 2 is 2.17 bits per heavy atom. The van der Waals surface area contributed by atoms with E-state index in [1.54, 1.807) is 11.3 Å². The van der Waals surface area contributed by atoms with Crippen LogP contribution in [-0.4, -0.2) is 21.3 Å². The van der Waals surface area contributed by atoms with Gasteiger partial charge in [0.05, 0.1) is 33.2 Å². The molecule has 0 amide bonds. The van der Waals surface area contributed by atoms with Crippen LogP contribution in [0.15, 0.2) is 24.3 Å². The molecule has 1 aliphatic heterocycles. The summed E-state index contributed by atoms with van der Waals surface area (Å²) in [6.07, 6.45) is 0.926. The number of hydrogen-bond donors (Lipinski definition) is 1. The summed E-state index contributed by atoms with van der Waals surface area (Å²) in [5.74, 6) is 0. The second kappa shape index (κ2) is 5.42. The van der Waals surface area contributed by atoms with E-state index < -0.39 is 0 Å². The van der Waals surface area contributed by atoms with Gasteiger partial charge in [0.2, 0.25) is 0 Å². The van der Waals surface area contributed by atoms with Gasteiger partial charge >= 0.3 is 0 Å². The van der Waals surface area contributed by atoms with Crippen molar-refractivity contribution in [3.63, 3.8) is 0 Å². The van der Waals surface area contributed by atoms with Crippen molar-refractivity contribution in [2.24, 2.45) is 0 Å². The second-order valence-electron chi connectivity index (χ2n) is 7.06. The predicted molar refractivity (Wildman–Crippen MR) is 95.0 cm³/mol. The molecular weight excluding hydrogens is 304 g/mol. The largest absolute Gasteiger partial charge is 0.309 e. The summed E-state index contributed by atoms with van der Waals surface area (Å²) in [5, 5.41) is 9.44. The zero-order valence-electron chi connectivity index (χ0n) is 13.9. The first kappa shape index (κ1) is 14.8. The molecular formula is C18H22N4S. The van der Waals surface area contributed by atoms with E-state index in [2.05, 4.69) is 55.0 Å². The van der Waals surface area contributed by atoms with Gasteiger partial charge in [-0.15, -0.1) is 11.3 Å². The lowest BCUT2D eigenvalue weighted by atomic mass is 9.86. The Hall–Kier alpha value is -1.72. The van der Waals surface area contributed by atoms with Crippen LogP contribution in [0.3, 0.4) is 0 Å². The lowest BCUT2D eigenvalue weighted by molar-refractivity contribution is 0.452. The van der Waals surface area contributed by atoms with Gasteiger partial charge in [-0.25, -0.2) is 4.98 Å². The summed E-state index contributed by atoms with van der Waals surface area (Å²) in [7, 11) is 0. The Balaban J connectivity index is 1.63. The topological polar surface area (TPSA) is 42.7 Å². The molecule has 4 nitrogen and oxygen atoms in total. The molecule has 0 saturated heterocycles. The van der Waals surface area contributed by atoms with Crippen LogP contribution in [0.4, 0.5) is 0 Å². The normalized spacial score (nSPS) is 15.1. The molecule has 0 spiro atoms. The van der Waals surface area contributed by atoms with Gasteiger partial charge < -0.3 is 5.32 Å². The molecule has 3 aromatic rings. The van der Waals surface area contributed by atoms with Crippen molar-refractivity contribution >= 4 is 21.6 Å². The summed E-state index contributed by atoms with van der Waals surface area (Å²) in [6.45, 7) is 9.55. The fourth-order valence-electron chi connectivity index (χ4n) is 3.15. The van der Waals surface area contributed by atoms with E-state index in [1.165, 1.54) is 26.7 Å². The minimum absolute atomic E-state index is 0.00669. The molecule has 0 saturated carbocycles. The third-order valence-electron chi connectivity index (χ3n) is 4.54. The Morgan fingerprint density at radius 3 is 3.00 bits per heavy atom. The van der Waals surface area contributed by atoms with Crippen molar-refractivity contribution in [2.75, 3.05) is 6.54 Å². The average molecular weight is 326 g/mol. The monoisotopic (exact) mass is 326 g/mol. The maximum Gasteiger partial charge on any atom is 0.0947 e. The van der Waals surface area contributed by atoms with E-state index in [-0.39, 0.29) is 5.41 Å². The molecule has 0 aliphatic carbocycles. The highest BCUT2D eigenvalue weighted by Crippen LogP contribution is 2.31. The van der Waals surface area contributed by atoms with Crippen molar-refractivity contribution in [1.82, 2.24) is 20.1 Å². The molecule has 0 fully saturated rings. The highest BCUT2D eigenvalue weighted by Gasteiger charge is 2.27. The van der Waals surface area contributed by atoms with Crippen LogP contribution in [0, 0.1) is 6.92 Å². The molecule has 0 unspecified atom stereocenters. The van der Waals surface area contributed by atoms with Crippen molar-refractivity contribution < 1.29 is 0 Å². The fourth-order valence-corrected chi connectivity index (χ4v) is 4.33. The van der Waals surface area contributed by atoms with Gasteiger partial charge in [0, 0.05) is 24.9 Å². The number of benzene rings is 1. The van der Waals surface area contributed by atoms with E-state index in [0.29, 0.717) is 0 Å². The van der Waals surface area contributed by atoms with Gasteiger partial charge in [-0.2, -0.15) is 5.10 Å². The minimum Gasteiger partial charge on any atom is -0.309 e. The summed E-state index contributed by atoms with van der Waals surface area (Å²) < 4.78 is 3.42. The molecule has 3 heterocycles. The lowest BCUT2D eigenvalue weighted by Crippen LogP contribution is -2.28. The van der Waals surface area contributed by atoms with E-state index in [1.807, 2.05) is 0 Å². The van der Waals surface area contributed by atoms with Crippen LogP contribution in [-0.2, 0) is 24.9 Å². The third-order valence-corrected chi connectivity index (χ3v) is 5.58. The summed E-state index contributed by atoms with van der Waals surface area (Å²) in [4.78, 5) is 4.84. The summed E-state index contributed by atoms with van der Waals surface area (Å²) in [6, 6.07) is 8.76. The number of rotatable bonds is 3. The van der Waals surface area contributed by atoms with Gasteiger partial charge in [0.1, 0.15) is 0 Å². The van der Waals surface area contributed by atoms with Crippen molar-refractivity contribution in [1.29, 1.82) is 0 Å². The number of fused-ring (bicyclic) bond motifs is 2. The first-order valence-corrected chi connectivity index (χ1v) is 8.97. The molecule has 5 heteroatoms. The minimum atomic E-state index is -0.00669. The highest BCUT2D eigenvalue weighted by atomic mass is 32.1. The Morgan fingerprint density at radius 1 is 1.30 bits per heavy atom. The Bertz CT molecular complexity index is 836. The number of nitrogens with one attached hydrogen (secondary N) is 1. The van der Waals surface area contributed by atoms with E-state index in [9.17, 15) is 0 Å². The van der Waals surface area contributed by atoms with E-state index in [0.717, 1.165) is 31.6 Å². The molecule has 120 valence electrons. The summed E-state index contributed by atoms with van der Waals surface area (Å²) >= 11 is 1.80. The van der Waals surface area contributed by atoms with Crippen molar-refractivity contribution in [3.05, 3.63) is 46.2 Å². The lowest BCUT2D eigenvalue weighted by Gasteiger charge is -2.20. The SMILES string of the molecule is Cc1ccc2sc(CC(C)(C)c3cc4n(n3)CCNC4)nc2c1. The van der Waals surface area contributed by atoms with Crippen LogP contribution in [0.2, 0.25) is 0 Å². The number of thiazole rings is 1. The van der Waals surface area contributed by atoms with Crippen molar-refractivity contribution in [2.45, 2.75) is 45.7 Å². The van der Waals surface area contributed by atoms with E-state index in [4.69, 9.17) is 10.1 Å². The smallest absolute Gasteiger partial charge is 0.0947 e. The number of hydrogen-bond acceptors (Lipinski definition) is 4. The molecule has 23 heavy (non-hydrogen) atoms. The average Bonchev–Trinajstić information content (AvgIpc) is 3.09. The highest BCUT2D eigenvalue weighted by molar-refractivity contribution is 7.18. The maximum atomic E-state index is 4.84. The van der Waals surface area contributed by atoms with Gasteiger partial charge in [0.15, 0.2) is 0 Å². The fraction of sp³-hybridized carbons (Fsp3) is 0.444. The predicted octanol–water partition coefficient (Wildman–Crippen LogP) is 3.42. The third kappa shape index (κ3) is 2.79. The number of aryl methyl sites for hydroxylation is 1. The molecule has 1 N–H and O–H groups in total. The van der Waals surface area contributed by atoms with Crippen LogP contribution < -0.4 is 5.32 Å². The Kier molecular flexibility index (Phi) is 3.50. The van der Waals surface area contributed by atoms with Gasteiger partial charge in [-0.3, -0.25) is 4.68 Å². The quantitative estimate of drug-likeness (QED) is 0.802. The first-order valence-electron chi connectivity index (χ1n) is 8.15. The first-order chi connectivity index (χ1) is 11.0. The molecule has 0 radical (unpaired) electrons. The summed E-state index contributed by atoms with van der Waals surface area (Å²) in [5.41, 5.74) is 4.84.